The maximum Gasteiger partial charge on any atom is 0.185 e. The second-order valence-electron chi connectivity index (χ2n) is 3.17. The average Bonchev–Trinajstić information content (AvgIpc) is 2.29. The first-order valence-electron chi connectivity index (χ1n) is 4.93. The number of aromatic nitrogens is 1. The van der Waals surface area contributed by atoms with Gasteiger partial charge in [-0.2, -0.15) is 0 Å². The molecule has 84 valence electrons. The number of carbonyl (C=O) groups excluding carboxylic acids is 2. The fourth-order valence-corrected chi connectivity index (χ4v) is 1.62. The lowest BCUT2D eigenvalue weighted by atomic mass is 10.2. The van der Waals surface area contributed by atoms with Crippen molar-refractivity contribution in [3.63, 3.8) is 0 Å². The summed E-state index contributed by atoms with van der Waals surface area (Å²) in [5.41, 5.74) is 1.39. The molecular weight excluding hydrogens is 222 g/mol. The molecule has 0 aromatic carbocycles. The van der Waals surface area contributed by atoms with E-state index < -0.39 is 0 Å². The Morgan fingerprint density at radius 3 is 2.88 bits per heavy atom. The molecule has 0 aliphatic rings. The normalized spacial score (nSPS) is 10.6. The van der Waals surface area contributed by atoms with Crippen LogP contribution in [0.2, 0.25) is 0 Å². The number of rotatable bonds is 5. The number of hydrogen-bond acceptors (Lipinski definition) is 4. The summed E-state index contributed by atoms with van der Waals surface area (Å²) in [6.45, 7) is 1.57. The first kappa shape index (κ1) is 12.6. The molecule has 0 bridgehead atoms. The van der Waals surface area contributed by atoms with Crippen molar-refractivity contribution in [2.75, 3.05) is 5.75 Å². The predicted molar refractivity (Wildman–Crippen MR) is 66.4 cm³/mol. The van der Waals surface area contributed by atoms with Gasteiger partial charge in [0.15, 0.2) is 11.4 Å². The largest absolute Gasteiger partial charge is 0.296 e. The van der Waals surface area contributed by atoms with Crippen LogP contribution in [0.4, 0.5) is 0 Å². The number of allylic oxidation sites excluding steroid dienone is 1. The molecular formula is C12H13NO2S. The minimum absolute atomic E-state index is 0.144. The Hall–Kier alpha value is -1.42. The lowest BCUT2D eigenvalue weighted by molar-refractivity contribution is -0.109. The van der Waals surface area contributed by atoms with Crippen molar-refractivity contribution in [1.82, 2.24) is 4.98 Å². The van der Waals surface area contributed by atoms with Gasteiger partial charge in [-0.1, -0.05) is 30.0 Å². The van der Waals surface area contributed by atoms with Crippen molar-refractivity contribution in [2.24, 2.45) is 0 Å². The van der Waals surface area contributed by atoms with E-state index in [0.29, 0.717) is 5.69 Å². The number of pyridine rings is 1. The van der Waals surface area contributed by atoms with E-state index in [2.05, 4.69) is 4.98 Å². The summed E-state index contributed by atoms with van der Waals surface area (Å²) in [7, 11) is 0. The topological polar surface area (TPSA) is 47.0 Å². The van der Waals surface area contributed by atoms with Crippen LogP contribution >= 0.6 is 11.8 Å². The molecule has 3 nitrogen and oxygen atoms in total. The van der Waals surface area contributed by atoms with Crippen LogP contribution in [-0.2, 0) is 4.79 Å². The molecule has 0 N–H and O–H groups in total. The molecule has 0 radical (unpaired) electrons. The van der Waals surface area contributed by atoms with Crippen molar-refractivity contribution in [3.05, 3.63) is 35.7 Å². The molecule has 0 aliphatic heterocycles. The maximum absolute atomic E-state index is 10.6. The van der Waals surface area contributed by atoms with Gasteiger partial charge in [-0.25, -0.2) is 0 Å². The molecule has 0 aliphatic carbocycles. The Kier molecular flexibility index (Phi) is 5.50. The highest BCUT2D eigenvalue weighted by atomic mass is 32.2. The van der Waals surface area contributed by atoms with Crippen molar-refractivity contribution in [1.29, 1.82) is 0 Å². The Balaban J connectivity index is 2.37. The van der Waals surface area contributed by atoms with Gasteiger partial charge in [0.1, 0.15) is 5.69 Å². The highest BCUT2D eigenvalue weighted by Gasteiger charge is 1.92. The summed E-state index contributed by atoms with van der Waals surface area (Å²) in [6, 6.07) is 3.52. The quantitative estimate of drug-likeness (QED) is 0.581. The molecule has 1 aromatic heterocycles. The summed E-state index contributed by atoms with van der Waals surface area (Å²) < 4.78 is 0. The Morgan fingerprint density at radius 2 is 2.31 bits per heavy atom. The first-order chi connectivity index (χ1) is 7.72. The Labute approximate surface area is 99.0 Å². The SMILES string of the molecule is CC(=O)SCCC=Cc1ccc(C=O)nc1. The standard InChI is InChI=1S/C12H13NO2S/c1-10(15)16-7-3-2-4-11-5-6-12(9-14)13-8-11/h2,4-6,8-9H,3,7H2,1H3. The summed E-state index contributed by atoms with van der Waals surface area (Å²) in [5, 5.41) is 0.144. The summed E-state index contributed by atoms with van der Waals surface area (Å²) in [4.78, 5) is 25.0. The van der Waals surface area contributed by atoms with E-state index in [9.17, 15) is 9.59 Å². The van der Waals surface area contributed by atoms with Crippen LogP contribution in [-0.4, -0.2) is 22.1 Å². The van der Waals surface area contributed by atoms with E-state index in [1.807, 2.05) is 18.2 Å². The number of hydrogen-bond donors (Lipinski definition) is 0. The second-order valence-corrected chi connectivity index (χ2v) is 4.44. The van der Waals surface area contributed by atoms with Gasteiger partial charge in [-0.3, -0.25) is 14.6 Å². The fraction of sp³-hybridized carbons (Fsp3) is 0.250. The van der Waals surface area contributed by atoms with Crippen LogP contribution in [0.25, 0.3) is 6.08 Å². The van der Waals surface area contributed by atoms with Gasteiger partial charge < -0.3 is 0 Å². The third-order valence-electron chi connectivity index (χ3n) is 1.83. The zero-order valence-corrected chi connectivity index (χ0v) is 9.87. The van der Waals surface area contributed by atoms with Gasteiger partial charge in [0, 0.05) is 18.9 Å². The van der Waals surface area contributed by atoms with Crippen LogP contribution in [0.1, 0.15) is 29.4 Å². The average molecular weight is 235 g/mol. The maximum atomic E-state index is 10.6. The summed E-state index contributed by atoms with van der Waals surface area (Å²) >= 11 is 1.32. The molecule has 0 fully saturated rings. The van der Waals surface area contributed by atoms with Gasteiger partial charge in [-0.15, -0.1) is 0 Å². The zero-order valence-electron chi connectivity index (χ0n) is 9.05. The van der Waals surface area contributed by atoms with Crippen molar-refractivity contribution < 1.29 is 9.59 Å². The zero-order chi connectivity index (χ0) is 11.8. The molecule has 1 heterocycles. The van der Waals surface area contributed by atoms with Crippen LogP contribution in [0, 0.1) is 0 Å². The van der Waals surface area contributed by atoms with Crippen molar-refractivity contribution in [2.45, 2.75) is 13.3 Å². The third kappa shape index (κ3) is 4.89. The minimum Gasteiger partial charge on any atom is -0.296 e. The molecule has 0 saturated carbocycles. The smallest absolute Gasteiger partial charge is 0.185 e. The van der Waals surface area contributed by atoms with Gasteiger partial charge in [0.25, 0.3) is 0 Å². The fourth-order valence-electron chi connectivity index (χ4n) is 1.08. The first-order valence-corrected chi connectivity index (χ1v) is 5.92. The molecule has 16 heavy (non-hydrogen) atoms. The van der Waals surface area contributed by atoms with Gasteiger partial charge >= 0.3 is 0 Å². The van der Waals surface area contributed by atoms with Crippen LogP contribution in [0.5, 0.6) is 0 Å². The lowest BCUT2D eigenvalue weighted by Gasteiger charge is -1.94. The van der Waals surface area contributed by atoms with E-state index in [1.54, 1.807) is 19.2 Å². The monoisotopic (exact) mass is 235 g/mol. The second kappa shape index (κ2) is 6.95. The Morgan fingerprint density at radius 1 is 1.50 bits per heavy atom. The molecule has 0 unspecified atom stereocenters. The van der Waals surface area contributed by atoms with E-state index in [4.69, 9.17) is 0 Å². The van der Waals surface area contributed by atoms with E-state index >= 15 is 0 Å². The molecule has 1 rings (SSSR count). The van der Waals surface area contributed by atoms with E-state index in [0.717, 1.165) is 24.0 Å². The summed E-state index contributed by atoms with van der Waals surface area (Å²) in [6.07, 6.45) is 7.14. The third-order valence-corrected chi connectivity index (χ3v) is 2.68. The van der Waals surface area contributed by atoms with Gasteiger partial charge in [0.2, 0.25) is 0 Å². The Bertz CT molecular complexity index is 385. The minimum atomic E-state index is 0.144. The molecule has 1 aromatic rings. The number of thioether (sulfide) groups is 1. The van der Waals surface area contributed by atoms with Crippen LogP contribution in [0.3, 0.4) is 0 Å². The number of carbonyl (C=O) groups is 2. The van der Waals surface area contributed by atoms with Crippen LogP contribution in [0.15, 0.2) is 24.4 Å². The molecule has 0 amide bonds. The highest BCUT2D eigenvalue weighted by molar-refractivity contribution is 8.13. The van der Waals surface area contributed by atoms with E-state index in [1.165, 1.54) is 11.8 Å². The molecule has 0 atom stereocenters. The van der Waals surface area contributed by atoms with Gasteiger partial charge in [-0.05, 0) is 18.1 Å². The molecule has 0 saturated heterocycles. The van der Waals surface area contributed by atoms with Crippen LogP contribution < -0.4 is 0 Å². The highest BCUT2D eigenvalue weighted by Crippen LogP contribution is 2.06. The lowest BCUT2D eigenvalue weighted by Crippen LogP contribution is -1.86. The van der Waals surface area contributed by atoms with Crippen molar-refractivity contribution >= 4 is 29.2 Å². The van der Waals surface area contributed by atoms with E-state index in [-0.39, 0.29) is 5.12 Å². The predicted octanol–water partition coefficient (Wildman–Crippen LogP) is 2.58. The molecule has 0 spiro atoms. The number of aldehydes is 1. The number of nitrogens with zero attached hydrogens (tertiary/aromatic N) is 1. The van der Waals surface area contributed by atoms with Gasteiger partial charge in [0.05, 0.1) is 0 Å². The molecule has 4 heteroatoms. The summed E-state index contributed by atoms with van der Waals surface area (Å²) in [5.74, 6) is 0.797. The van der Waals surface area contributed by atoms with Crippen molar-refractivity contribution in [3.8, 4) is 0 Å².